The van der Waals surface area contributed by atoms with Gasteiger partial charge in [0.05, 0.1) is 0 Å². The van der Waals surface area contributed by atoms with E-state index in [1.165, 1.54) is 77.6 Å². The lowest BCUT2D eigenvalue weighted by Crippen LogP contribution is -2.13. The highest BCUT2D eigenvalue weighted by Gasteiger charge is 2.08. The first-order valence-electron chi connectivity index (χ1n) is 9.29. The number of aldehydes is 1. The van der Waals surface area contributed by atoms with Crippen LogP contribution in [-0.2, 0) is 14.3 Å². The zero-order valence-electron chi connectivity index (χ0n) is 14.8. The minimum Gasteiger partial charge on any atom is -0.465 e. The number of rotatable bonds is 16. The predicted octanol–water partition coefficient (Wildman–Crippen LogP) is 5.46. The molecule has 1 atom stereocenters. The van der Waals surface area contributed by atoms with Gasteiger partial charge in [-0.05, 0) is 6.42 Å². The summed E-state index contributed by atoms with van der Waals surface area (Å²) in [6.45, 7) is 3.89. The van der Waals surface area contributed by atoms with Gasteiger partial charge >= 0.3 is 5.97 Å². The summed E-state index contributed by atoms with van der Waals surface area (Å²) in [6, 6.07) is 0. The molecule has 0 aromatic rings. The van der Waals surface area contributed by atoms with Crippen LogP contribution in [0.3, 0.4) is 0 Å². The Balaban J connectivity index is 3.24. The maximum absolute atomic E-state index is 10.9. The van der Waals surface area contributed by atoms with Crippen LogP contribution in [0.1, 0.15) is 97.3 Å². The predicted molar refractivity (Wildman–Crippen MR) is 91.9 cm³/mol. The number of ether oxygens (including phenoxy) is 1. The van der Waals surface area contributed by atoms with Crippen LogP contribution in [0, 0.1) is 5.92 Å². The van der Waals surface area contributed by atoms with E-state index in [0.717, 1.165) is 19.1 Å². The van der Waals surface area contributed by atoms with Crippen molar-refractivity contribution in [1.29, 1.82) is 0 Å². The Morgan fingerprint density at radius 2 is 1.32 bits per heavy atom. The molecule has 0 radical (unpaired) electrons. The molecule has 0 aliphatic rings. The first-order chi connectivity index (χ1) is 10.7. The fourth-order valence-electron chi connectivity index (χ4n) is 2.66. The lowest BCUT2D eigenvalue weighted by molar-refractivity contribution is -0.142. The standard InChI is InChI=1S/C19H36O3/c1-3-4-5-6-7-8-9-10-11-12-13-14-15-19(16-20)17-22-18(2)21/h16,19H,3-15,17H2,1-2H3. The second-order valence-corrected chi connectivity index (χ2v) is 6.38. The van der Waals surface area contributed by atoms with Gasteiger partial charge in [-0.15, -0.1) is 0 Å². The van der Waals surface area contributed by atoms with E-state index in [1.54, 1.807) is 0 Å². The summed E-state index contributed by atoms with van der Waals surface area (Å²) >= 11 is 0. The van der Waals surface area contributed by atoms with E-state index < -0.39 is 0 Å². The Kier molecular flexibility index (Phi) is 15.9. The molecule has 0 bridgehead atoms. The molecule has 0 N–H and O–H groups in total. The molecule has 0 spiro atoms. The summed E-state index contributed by atoms with van der Waals surface area (Å²) in [5, 5.41) is 0. The summed E-state index contributed by atoms with van der Waals surface area (Å²) in [6.07, 6.45) is 17.6. The van der Waals surface area contributed by atoms with Gasteiger partial charge in [-0.1, -0.05) is 84.0 Å². The van der Waals surface area contributed by atoms with Crippen LogP contribution in [0.5, 0.6) is 0 Å². The van der Waals surface area contributed by atoms with Gasteiger partial charge in [0, 0.05) is 12.8 Å². The number of unbranched alkanes of at least 4 members (excludes halogenated alkanes) is 11. The summed E-state index contributed by atoms with van der Waals surface area (Å²) in [4.78, 5) is 21.6. The molecule has 22 heavy (non-hydrogen) atoms. The molecule has 0 heterocycles. The number of hydrogen-bond donors (Lipinski definition) is 0. The number of hydrogen-bond acceptors (Lipinski definition) is 3. The summed E-state index contributed by atoms with van der Waals surface area (Å²) in [5.74, 6) is -0.423. The Labute approximate surface area is 137 Å². The minimum atomic E-state index is -0.304. The van der Waals surface area contributed by atoms with E-state index in [0.29, 0.717) is 0 Å². The van der Waals surface area contributed by atoms with Gasteiger partial charge < -0.3 is 9.53 Å². The highest BCUT2D eigenvalue weighted by Crippen LogP contribution is 2.14. The monoisotopic (exact) mass is 312 g/mol. The average Bonchev–Trinajstić information content (AvgIpc) is 2.51. The van der Waals surface area contributed by atoms with E-state index in [9.17, 15) is 9.59 Å². The number of esters is 1. The molecule has 0 saturated heterocycles. The quantitative estimate of drug-likeness (QED) is 0.216. The second-order valence-electron chi connectivity index (χ2n) is 6.38. The zero-order valence-corrected chi connectivity index (χ0v) is 14.8. The first kappa shape index (κ1) is 21.1. The molecular weight excluding hydrogens is 276 g/mol. The Hall–Kier alpha value is -0.860. The largest absolute Gasteiger partial charge is 0.465 e. The molecule has 0 aromatic heterocycles. The van der Waals surface area contributed by atoms with Crippen molar-refractivity contribution in [2.75, 3.05) is 6.61 Å². The SMILES string of the molecule is CCCCCCCCCCCCCCC(C=O)COC(C)=O. The summed E-state index contributed by atoms with van der Waals surface area (Å²) in [5.41, 5.74) is 0. The normalized spacial score (nSPS) is 12.1. The van der Waals surface area contributed by atoms with Gasteiger partial charge in [0.25, 0.3) is 0 Å². The topological polar surface area (TPSA) is 43.4 Å². The third-order valence-electron chi connectivity index (χ3n) is 4.12. The maximum atomic E-state index is 10.9. The van der Waals surface area contributed by atoms with Crippen molar-refractivity contribution in [2.24, 2.45) is 5.92 Å². The molecule has 0 saturated carbocycles. The fraction of sp³-hybridized carbons (Fsp3) is 0.895. The second kappa shape index (κ2) is 16.5. The highest BCUT2D eigenvalue weighted by atomic mass is 16.5. The van der Waals surface area contributed by atoms with E-state index in [1.807, 2.05) is 0 Å². The maximum Gasteiger partial charge on any atom is 0.302 e. The van der Waals surface area contributed by atoms with Gasteiger partial charge in [0.15, 0.2) is 0 Å². The smallest absolute Gasteiger partial charge is 0.302 e. The van der Waals surface area contributed by atoms with Crippen molar-refractivity contribution >= 4 is 12.3 Å². The molecule has 0 aliphatic carbocycles. The van der Waals surface area contributed by atoms with Crippen LogP contribution < -0.4 is 0 Å². The van der Waals surface area contributed by atoms with E-state index in [-0.39, 0.29) is 18.5 Å². The Morgan fingerprint density at radius 3 is 1.73 bits per heavy atom. The Morgan fingerprint density at radius 1 is 0.864 bits per heavy atom. The molecule has 3 heteroatoms. The molecular formula is C19H36O3. The molecule has 0 fully saturated rings. The zero-order chi connectivity index (χ0) is 16.5. The van der Waals surface area contributed by atoms with Crippen molar-refractivity contribution in [3.8, 4) is 0 Å². The third kappa shape index (κ3) is 15.5. The average molecular weight is 312 g/mol. The third-order valence-corrected chi connectivity index (χ3v) is 4.12. The van der Waals surface area contributed by atoms with E-state index >= 15 is 0 Å². The van der Waals surface area contributed by atoms with E-state index in [2.05, 4.69) is 6.92 Å². The van der Waals surface area contributed by atoms with E-state index in [4.69, 9.17) is 4.74 Å². The molecule has 0 rings (SSSR count). The molecule has 130 valence electrons. The van der Waals surface area contributed by atoms with Crippen molar-refractivity contribution < 1.29 is 14.3 Å². The molecule has 3 nitrogen and oxygen atoms in total. The van der Waals surface area contributed by atoms with Crippen LogP contribution in [0.4, 0.5) is 0 Å². The lowest BCUT2D eigenvalue weighted by atomic mass is 10.0. The number of carbonyl (C=O) groups excluding carboxylic acids is 2. The van der Waals surface area contributed by atoms with Crippen molar-refractivity contribution in [3.05, 3.63) is 0 Å². The van der Waals surface area contributed by atoms with Gasteiger partial charge in [-0.3, -0.25) is 4.79 Å². The molecule has 1 unspecified atom stereocenters. The van der Waals surface area contributed by atoms with Crippen molar-refractivity contribution in [3.63, 3.8) is 0 Å². The summed E-state index contributed by atoms with van der Waals surface area (Å²) < 4.78 is 4.88. The first-order valence-corrected chi connectivity index (χ1v) is 9.29. The fourth-order valence-corrected chi connectivity index (χ4v) is 2.66. The molecule has 0 aromatic carbocycles. The van der Waals surface area contributed by atoms with Crippen LogP contribution >= 0.6 is 0 Å². The van der Waals surface area contributed by atoms with Gasteiger partial charge in [-0.25, -0.2) is 0 Å². The highest BCUT2D eigenvalue weighted by molar-refractivity contribution is 5.66. The van der Waals surface area contributed by atoms with Gasteiger partial charge in [-0.2, -0.15) is 0 Å². The van der Waals surface area contributed by atoms with Gasteiger partial charge in [0.1, 0.15) is 12.9 Å². The molecule has 0 aliphatic heterocycles. The lowest BCUT2D eigenvalue weighted by Gasteiger charge is -2.09. The number of carbonyl (C=O) groups is 2. The van der Waals surface area contributed by atoms with Crippen LogP contribution in [-0.4, -0.2) is 18.9 Å². The minimum absolute atomic E-state index is 0.118. The van der Waals surface area contributed by atoms with Crippen LogP contribution in [0.2, 0.25) is 0 Å². The van der Waals surface area contributed by atoms with Crippen LogP contribution in [0.15, 0.2) is 0 Å². The Bertz CT molecular complexity index is 263. The summed E-state index contributed by atoms with van der Waals surface area (Å²) in [7, 11) is 0. The molecule has 0 amide bonds. The van der Waals surface area contributed by atoms with Gasteiger partial charge in [0.2, 0.25) is 0 Å². The van der Waals surface area contributed by atoms with Crippen molar-refractivity contribution in [2.45, 2.75) is 97.3 Å². The van der Waals surface area contributed by atoms with Crippen LogP contribution in [0.25, 0.3) is 0 Å². The van der Waals surface area contributed by atoms with Crippen molar-refractivity contribution in [1.82, 2.24) is 0 Å².